The average Bonchev–Trinajstić information content (AvgIpc) is 3.34. The van der Waals surface area contributed by atoms with Crippen molar-refractivity contribution in [3.63, 3.8) is 0 Å². The van der Waals surface area contributed by atoms with Crippen LogP contribution in [0.2, 0.25) is 0 Å². The van der Waals surface area contributed by atoms with Gasteiger partial charge < -0.3 is 9.15 Å². The fourth-order valence-corrected chi connectivity index (χ4v) is 3.00. The van der Waals surface area contributed by atoms with E-state index in [1.54, 1.807) is 6.20 Å². The number of aromatic nitrogens is 3. The zero-order valence-corrected chi connectivity index (χ0v) is 13.2. The summed E-state index contributed by atoms with van der Waals surface area (Å²) in [6.07, 6.45) is 6.66. The van der Waals surface area contributed by atoms with Crippen molar-refractivity contribution < 1.29 is 9.15 Å². The fourth-order valence-electron chi connectivity index (χ4n) is 3.00. The molecule has 1 saturated heterocycles. The topological polar surface area (TPSA) is 64.3 Å². The SMILES string of the molecule is c1ccc(COC2CCCN(Cc3nnc(C4CC4)o3)C2)nc1. The van der Waals surface area contributed by atoms with Crippen LogP contribution in [0.5, 0.6) is 0 Å². The van der Waals surface area contributed by atoms with Crippen LogP contribution < -0.4 is 0 Å². The van der Waals surface area contributed by atoms with Crippen LogP contribution in [-0.2, 0) is 17.9 Å². The normalized spacial score (nSPS) is 22.3. The summed E-state index contributed by atoms with van der Waals surface area (Å²) in [5.41, 5.74) is 0.982. The van der Waals surface area contributed by atoms with Crippen LogP contribution in [-0.4, -0.2) is 39.3 Å². The number of pyridine rings is 1. The molecule has 122 valence electrons. The van der Waals surface area contributed by atoms with E-state index in [0.29, 0.717) is 12.5 Å². The summed E-state index contributed by atoms with van der Waals surface area (Å²) in [4.78, 5) is 6.65. The summed E-state index contributed by atoms with van der Waals surface area (Å²) in [6, 6.07) is 5.91. The summed E-state index contributed by atoms with van der Waals surface area (Å²) in [7, 11) is 0. The molecule has 0 aromatic carbocycles. The van der Waals surface area contributed by atoms with Gasteiger partial charge in [-0.25, -0.2) is 0 Å². The Morgan fingerprint density at radius 1 is 1.22 bits per heavy atom. The molecule has 1 aliphatic carbocycles. The molecule has 3 heterocycles. The monoisotopic (exact) mass is 314 g/mol. The van der Waals surface area contributed by atoms with Gasteiger partial charge in [-0.15, -0.1) is 10.2 Å². The van der Waals surface area contributed by atoms with E-state index in [4.69, 9.17) is 9.15 Å². The van der Waals surface area contributed by atoms with Gasteiger partial charge in [0.05, 0.1) is 24.9 Å². The van der Waals surface area contributed by atoms with Gasteiger partial charge in [0, 0.05) is 18.7 Å². The molecule has 0 bridgehead atoms. The molecular weight excluding hydrogens is 292 g/mol. The lowest BCUT2D eigenvalue weighted by atomic mass is 10.1. The Hall–Kier alpha value is -1.79. The van der Waals surface area contributed by atoms with Gasteiger partial charge >= 0.3 is 0 Å². The Morgan fingerprint density at radius 2 is 2.17 bits per heavy atom. The molecule has 2 aliphatic rings. The Labute approximate surface area is 135 Å². The van der Waals surface area contributed by atoms with E-state index < -0.39 is 0 Å². The van der Waals surface area contributed by atoms with Crippen LogP contribution in [0.4, 0.5) is 0 Å². The number of hydrogen-bond donors (Lipinski definition) is 0. The highest BCUT2D eigenvalue weighted by Crippen LogP contribution is 2.39. The Morgan fingerprint density at radius 3 is 3.00 bits per heavy atom. The van der Waals surface area contributed by atoms with E-state index in [1.165, 1.54) is 12.8 Å². The van der Waals surface area contributed by atoms with Crippen molar-refractivity contribution in [1.82, 2.24) is 20.1 Å². The summed E-state index contributed by atoms with van der Waals surface area (Å²) in [5, 5.41) is 8.34. The van der Waals surface area contributed by atoms with Crippen molar-refractivity contribution in [1.29, 1.82) is 0 Å². The van der Waals surface area contributed by atoms with Crippen molar-refractivity contribution in [3.8, 4) is 0 Å². The zero-order valence-electron chi connectivity index (χ0n) is 13.2. The molecule has 1 unspecified atom stereocenters. The first-order valence-corrected chi connectivity index (χ1v) is 8.43. The summed E-state index contributed by atoms with van der Waals surface area (Å²) >= 11 is 0. The largest absolute Gasteiger partial charge is 0.424 e. The maximum absolute atomic E-state index is 6.02. The van der Waals surface area contributed by atoms with Gasteiger partial charge in [-0.3, -0.25) is 9.88 Å². The highest BCUT2D eigenvalue weighted by Gasteiger charge is 2.30. The highest BCUT2D eigenvalue weighted by molar-refractivity contribution is 5.02. The lowest BCUT2D eigenvalue weighted by Gasteiger charge is -2.31. The maximum atomic E-state index is 6.02. The third-order valence-electron chi connectivity index (χ3n) is 4.42. The third-order valence-corrected chi connectivity index (χ3v) is 4.42. The third kappa shape index (κ3) is 3.95. The van der Waals surface area contributed by atoms with E-state index in [9.17, 15) is 0 Å². The zero-order chi connectivity index (χ0) is 15.5. The lowest BCUT2D eigenvalue weighted by Crippen LogP contribution is -2.39. The van der Waals surface area contributed by atoms with Crippen molar-refractivity contribution in [3.05, 3.63) is 41.9 Å². The van der Waals surface area contributed by atoms with Gasteiger partial charge in [0.2, 0.25) is 11.8 Å². The van der Waals surface area contributed by atoms with Gasteiger partial charge in [-0.2, -0.15) is 0 Å². The van der Waals surface area contributed by atoms with E-state index in [1.807, 2.05) is 18.2 Å². The minimum Gasteiger partial charge on any atom is -0.424 e. The molecular formula is C17H22N4O2. The minimum absolute atomic E-state index is 0.247. The number of rotatable bonds is 6. The second-order valence-corrected chi connectivity index (χ2v) is 6.44. The van der Waals surface area contributed by atoms with Crippen LogP contribution in [0.1, 0.15) is 49.1 Å². The standard InChI is InChI=1S/C17H22N4O2/c1-2-8-18-14(4-1)12-22-15-5-3-9-21(10-15)11-16-19-20-17(23-16)13-6-7-13/h1-2,4,8,13,15H,3,5-7,9-12H2. The molecule has 0 amide bonds. The van der Waals surface area contributed by atoms with Crippen molar-refractivity contribution in [2.45, 2.75) is 50.9 Å². The molecule has 6 nitrogen and oxygen atoms in total. The summed E-state index contributed by atoms with van der Waals surface area (Å²) in [5.74, 6) is 2.07. The van der Waals surface area contributed by atoms with Crippen LogP contribution in [0.3, 0.4) is 0 Å². The average molecular weight is 314 g/mol. The van der Waals surface area contributed by atoms with Crippen LogP contribution in [0, 0.1) is 0 Å². The lowest BCUT2D eigenvalue weighted by molar-refractivity contribution is -0.0150. The van der Waals surface area contributed by atoms with E-state index >= 15 is 0 Å². The molecule has 1 aliphatic heterocycles. The molecule has 6 heteroatoms. The van der Waals surface area contributed by atoms with Crippen LogP contribution >= 0.6 is 0 Å². The Kier molecular flexibility index (Phi) is 4.35. The van der Waals surface area contributed by atoms with Crippen LogP contribution in [0.15, 0.2) is 28.8 Å². The molecule has 0 spiro atoms. The predicted octanol–water partition coefficient (Wildman–Crippen LogP) is 2.52. The first kappa shape index (κ1) is 14.8. The molecule has 2 aromatic heterocycles. The van der Waals surface area contributed by atoms with Gasteiger partial charge in [0.15, 0.2) is 0 Å². The number of nitrogens with zero attached hydrogens (tertiary/aromatic N) is 4. The van der Waals surface area contributed by atoms with Gasteiger partial charge in [0.1, 0.15) is 0 Å². The number of hydrogen-bond acceptors (Lipinski definition) is 6. The molecule has 0 radical (unpaired) electrons. The Balaban J connectivity index is 1.28. The molecule has 1 atom stereocenters. The maximum Gasteiger partial charge on any atom is 0.230 e. The molecule has 2 aromatic rings. The van der Waals surface area contributed by atoms with E-state index in [-0.39, 0.29) is 6.10 Å². The minimum atomic E-state index is 0.247. The van der Waals surface area contributed by atoms with Crippen LogP contribution in [0.25, 0.3) is 0 Å². The second kappa shape index (κ2) is 6.76. The van der Waals surface area contributed by atoms with E-state index in [2.05, 4.69) is 20.1 Å². The molecule has 4 rings (SSSR count). The molecule has 23 heavy (non-hydrogen) atoms. The first-order chi connectivity index (χ1) is 11.4. The van der Waals surface area contributed by atoms with Gasteiger partial charge in [-0.1, -0.05) is 6.07 Å². The first-order valence-electron chi connectivity index (χ1n) is 8.43. The molecule has 2 fully saturated rings. The predicted molar refractivity (Wildman–Crippen MR) is 83.6 cm³/mol. The number of ether oxygens (including phenoxy) is 1. The van der Waals surface area contributed by atoms with Crippen molar-refractivity contribution in [2.24, 2.45) is 0 Å². The highest BCUT2D eigenvalue weighted by atomic mass is 16.5. The smallest absolute Gasteiger partial charge is 0.230 e. The Bertz CT molecular complexity index is 627. The van der Waals surface area contributed by atoms with Gasteiger partial charge in [-0.05, 0) is 44.4 Å². The molecule has 1 saturated carbocycles. The summed E-state index contributed by atoms with van der Waals surface area (Å²) in [6.45, 7) is 3.27. The van der Waals surface area contributed by atoms with Gasteiger partial charge in [0.25, 0.3) is 0 Å². The fraction of sp³-hybridized carbons (Fsp3) is 0.588. The van der Waals surface area contributed by atoms with Crippen molar-refractivity contribution >= 4 is 0 Å². The van der Waals surface area contributed by atoms with E-state index in [0.717, 1.165) is 50.0 Å². The number of likely N-dealkylation sites (tertiary alicyclic amines) is 1. The quantitative estimate of drug-likeness (QED) is 0.816. The number of piperidine rings is 1. The summed E-state index contributed by atoms with van der Waals surface area (Å²) < 4.78 is 11.8. The van der Waals surface area contributed by atoms with Crippen molar-refractivity contribution in [2.75, 3.05) is 13.1 Å². The second-order valence-electron chi connectivity index (χ2n) is 6.44. The molecule has 0 N–H and O–H groups in total.